The second-order valence-corrected chi connectivity index (χ2v) is 11.4. The molecule has 0 saturated heterocycles. The van der Waals surface area contributed by atoms with E-state index in [1.807, 2.05) is 12.1 Å². The first-order valence-corrected chi connectivity index (χ1v) is 17.8. The van der Waals surface area contributed by atoms with Gasteiger partial charge in [-0.25, -0.2) is 4.79 Å². The lowest BCUT2D eigenvalue weighted by Crippen LogP contribution is -2.15. The number of anilines is 1. The van der Waals surface area contributed by atoms with E-state index in [1.165, 1.54) is 50.5 Å². The van der Waals surface area contributed by atoms with Crippen LogP contribution in [0.5, 0.6) is 5.75 Å². The van der Waals surface area contributed by atoms with E-state index in [4.69, 9.17) is 33.2 Å². The summed E-state index contributed by atoms with van der Waals surface area (Å²) in [6, 6.07) is 15.8. The van der Waals surface area contributed by atoms with Crippen LogP contribution in [0.25, 0.3) is 0 Å². The third-order valence-corrected chi connectivity index (χ3v) is 7.42. The van der Waals surface area contributed by atoms with Gasteiger partial charge in [-0.2, -0.15) is 0 Å². The molecule has 2 aromatic rings. The molecule has 0 aromatic heterocycles. The summed E-state index contributed by atoms with van der Waals surface area (Å²) < 4.78 is 38.6. The summed E-state index contributed by atoms with van der Waals surface area (Å²) in [5.74, 6) is 0.530. The van der Waals surface area contributed by atoms with Crippen molar-refractivity contribution in [3.63, 3.8) is 0 Å². The highest BCUT2D eigenvalue weighted by Crippen LogP contribution is 2.15. The molecule has 47 heavy (non-hydrogen) atoms. The maximum absolute atomic E-state index is 12.1. The summed E-state index contributed by atoms with van der Waals surface area (Å²) in [7, 11) is 0. The van der Waals surface area contributed by atoms with Gasteiger partial charge in [-0.3, -0.25) is 0 Å². The van der Waals surface area contributed by atoms with Gasteiger partial charge in [0, 0.05) is 12.2 Å². The van der Waals surface area contributed by atoms with E-state index < -0.39 is 0 Å². The minimum atomic E-state index is -0.353. The van der Waals surface area contributed by atoms with Crippen LogP contribution in [0.4, 0.5) is 5.69 Å². The van der Waals surface area contributed by atoms with Crippen LogP contribution in [0.3, 0.4) is 0 Å². The summed E-state index contributed by atoms with van der Waals surface area (Å²) in [5, 5.41) is 3.32. The van der Waals surface area contributed by atoms with Gasteiger partial charge in [0.1, 0.15) is 19.0 Å². The Kier molecular flexibility index (Phi) is 25.4. The number of nitrogens with one attached hydrogen (secondary N) is 1. The van der Waals surface area contributed by atoms with Crippen molar-refractivity contribution in [3.05, 3.63) is 59.7 Å². The van der Waals surface area contributed by atoms with Gasteiger partial charge in [0.15, 0.2) is 0 Å². The van der Waals surface area contributed by atoms with Gasteiger partial charge in [-0.1, -0.05) is 70.9 Å². The Hall–Kier alpha value is -2.69. The third kappa shape index (κ3) is 22.5. The first-order valence-electron chi connectivity index (χ1n) is 17.8. The summed E-state index contributed by atoms with van der Waals surface area (Å²) in [6.45, 7) is 10.8. The van der Waals surface area contributed by atoms with Gasteiger partial charge in [-0.05, 0) is 61.2 Å². The lowest BCUT2D eigenvalue weighted by molar-refractivity contribution is -0.0163. The molecule has 2 rings (SSSR count). The molecule has 0 heterocycles. The molecular formula is C38H61NO8. The molecular weight excluding hydrogens is 598 g/mol. The number of benzene rings is 2. The molecule has 9 nitrogen and oxygen atoms in total. The van der Waals surface area contributed by atoms with E-state index in [0.29, 0.717) is 78.2 Å². The Morgan fingerprint density at radius 2 is 1.02 bits per heavy atom. The first kappa shape index (κ1) is 40.5. The summed E-state index contributed by atoms with van der Waals surface area (Å²) in [5.41, 5.74) is 2.91. The van der Waals surface area contributed by atoms with Gasteiger partial charge in [0.2, 0.25) is 0 Å². The van der Waals surface area contributed by atoms with Crippen LogP contribution in [-0.2, 0) is 34.8 Å². The van der Waals surface area contributed by atoms with Crippen molar-refractivity contribution in [3.8, 4) is 5.75 Å². The minimum Gasteiger partial charge on any atom is -0.491 e. The Labute approximate surface area is 283 Å². The predicted octanol–water partition coefficient (Wildman–Crippen LogP) is 7.51. The molecule has 0 bridgehead atoms. The zero-order valence-corrected chi connectivity index (χ0v) is 29.1. The van der Waals surface area contributed by atoms with E-state index in [1.54, 1.807) is 12.1 Å². The lowest BCUT2D eigenvalue weighted by Gasteiger charge is -2.09. The zero-order chi connectivity index (χ0) is 33.5. The Balaban J connectivity index is 1.28. The van der Waals surface area contributed by atoms with Crippen molar-refractivity contribution >= 4 is 11.7 Å². The monoisotopic (exact) mass is 659 g/mol. The van der Waals surface area contributed by atoms with Crippen LogP contribution >= 0.6 is 0 Å². The number of rotatable bonds is 32. The zero-order valence-electron chi connectivity index (χ0n) is 29.1. The van der Waals surface area contributed by atoms with Crippen LogP contribution in [-0.4, -0.2) is 91.8 Å². The normalized spacial score (nSPS) is 11.1. The van der Waals surface area contributed by atoms with E-state index in [-0.39, 0.29) is 12.6 Å². The molecule has 0 unspecified atom stereocenters. The van der Waals surface area contributed by atoms with Crippen molar-refractivity contribution < 1.29 is 38.0 Å². The number of hydrogen-bond donors (Lipinski definition) is 1. The topological polar surface area (TPSA) is 93.7 Å². The van der Waals surface area contributed by atoms with Crippen LogP contribution in [0.15, 0.2) is 48.5 Å². The molecule has 2 aromatic carbocycles. The van der Waals surface area contributed by atoms with E-state index in [2.05, 4.69) is 43.4 Å². The van der Waals surface area contributed by atoms with Crippen LogP contribution in [0.1, 0.15) is 87.6 Å². The molecule has 0 aliphatic carbocycles. The predicted molar refractivity (Wildman–Crippen MR) is 188 cm³/mol. The Morgan fingerprint density at radius 3 is 1.57 bits per heavy atom. The highest BCUT2D eigenvalue weighted by molar-refractivity contribution is 5.89. The second-order valence-electron chi connectivity index (χ2n) is 11.4. The van der Waals surface area contributed by atoms with Crippen molar-refractivity contribution in [1.29, 1.82) is 0 Å². The highest BCUT2D eigenvalue weighted by atomic mass is 16.6. The van der Waals surface area contributed by atoms with Crippen LogP contribution in [0, 0.1) is 0 Å². The number of aryl methyl sites for hydroxylation is 1. The third-order valence-electron chi connectivity index (χ3n) is 7.42. The van der Waals surface area contributed by atoms with Gasteiger partial charge in [-0.15, -0.1) is 0 Å². The maximum atomic E-state index is 12.1. The van der Waals surface area contributed by atoms with E-state index in [9.17, 15) is 4.79 Å². The molecule has 0 radical (unpaired) electrons. The van der Waals surface area contributed by atoms with Crippen molar-refractivity contribution in [2.24, 2.45) is 0 Å². The summed E-state index contributed by atoms with van der Waals surface area (Å²) >= 11 is 0. The fourth-order valence-electron chi connectivity index (χ4n) is 4.65. The number of ether oxygens (including phenoxy) is 7. The summed E-state index contributed by atoms with van der Waals surface area (Å²) in [4.78, 5) is 12.1. The molecule has 0 spiro atoms. The fraction of sp³-hybridized carbons (Fsp3) is 0.658. The van der Waals surface area contributed by atoms with Gasteiger partial charge < -0.3 is 38.5 Å². The average Bonchev–Trinajstić information content (AvgIpc) is 3.09. The lowest BCUT2D eigenvalue weighted by atomic mass is 10.0. The SMILES string of the molecule is CCCCCCCCCc1ccc(OCCOCCOCCOCCOCCOCCOC(=O)c2ccc(NCCCC)cc2)cc1. The van der Waals surface area contributed by atoms with Crippen molar-refractivity contribution in [2.75, 3.05) is 91.1 Å². The molecule has 0 amide bonds. The van der Waals surface area contributed by atoms with Gasteiger partial charge in [0.25, 0.3) is 0 Å². The first-order chi connectivity index (χ1) is 23.2. The second kappa shape index (κ2) is 29.4. The molecule has 0 fully saturated rings. The number of carbonyl (C=O) groups is 1. The molecule has 1 N–H and O–H groups in total. The Morgan fingerprint density at radius 1 is 0.532 bits per heavy atom. The minimum absolute atomic E-state index is 0.200. The maximum Gasteiger partial charge on any atom is 0.338 e. The number of unbranched alkanes of at least 4 members (excludes halogenated alkanes) is 7. The molecule has 0 saturated carbocycles. The standard InChI is InChI=1S/C38H61NO8/c1-3-5-7-8-9-10-11-12-34-13-19-37(20-14-34)46-32-30-44-28-26-42-24-22-41-23-25-43-27-29-45-31-33-47-38(40)35-15-17-36(18-16-35)39-21-6-4-2/h13-20,39H,3-12,21-33H2,1-2H3. The molecule has 9 heteroatoms. The quantitative estimate of drug-likeness (QED) is 0.0633. The number of hydrogen-bond acceptors (Lipinski definition) is 9. The van der Waals surface area contributed by atoms with Crippen molar-refractivity contribution in [1.82, 2.24) is 0 Å². The molecule has 0 atom stereocenters. The van der Waals surface area contributed by atoms with Gasteiger partial charge >= 0.3 is 5.97 Å². The van der Waals surface area contributed by atoms with E-state index >= 15 is 0 Å². The van der Waals surface area contributed by atoms with Crippen LogP contribution < -0.4 is 10.1 Å². The smallest absolute Gasteiger partial charge is 0.338 e. The molecule has 0 aliphatic rings. The van der Waals surface area contributed by atoms with Crippen molar-refractivity contribution in [2.45, 2.75) is 78.1 Å². The largest absolute Gasteiger partial charge is 0.491 e. The number of carbonyl (C=O) groups excluding carboxylic acids is 1. The van der Waals surface area contributed by atoms with E-state index in [0.717, 1.165) is 37.2 Å². The molecule has 0 aliphatic heterocycles. The highest BCUT2D eigenvalue weighted by Gasteiger charge is 2.07. The summed E-state index contributed by atoms with van der Waals surface area (Å²) in [6.07, 6.45) is 12.8. The number of esters is 1. The fourth-order valence-corrected chi connectivity index (χ4v) is 4.65. The Bertz CT molecular complexity index is 986. The van der Waals surface area contributed by atoms with Crippen LogP contribution in [0.2, 0.25) is 0 Å². The molecule has 266 valence electrons. The average molecular weight is 660 g/mol. The van der Waals surface area contributed by atoms with Gasteiger partial charge in [0.05, 0.1) is 71.6 Å².